The summed E-state index contributed by atoms with van der Waals surface area (Å²) in [6.07, 6.45) is 1.54. The number of aromatic nitrogens is 2. The van der Waals surface area contributed by atoms with Crippen molar-refractivity contribution in [2.24, 2.45) is 0 Å². The van der Waals surface area contributed by atoms with Gasteiger partial charge >= 0.3 is 0 Å². The Morgan fingerprint density at radius 2 is 1.72 bits per heavy atom. The van der Waals surface area contributed by atoms with Crippen molar-refractivity contribution in [2.75, 3.05) is 0 Å². The van der Waals surface area contributed by atoms with E-state index in [-0.39, 0.29) is 11.5 Å². The van der Waals surface area contributed by atoms with Gasteiger partial charge in [0.05, 0.1) is 16.5 Å². The van der Waals surface area contributed by atoms with Crippen molar-refractivity contribution in [2.45, 2.75) is 6.54 Å². The third-order valence-corrected chi connectivity index (χ3v) is 4.07. The highest BCUT2D eigenvalue weighted by Gasteiger charge is 2.09. The standard InChI is InChI=1S/C20H15N3O2/c24-19(21-12-14-6-2-1-3-7-14)15-10-11-18-22-17-9-5-4-8-16(17)20(25)23(18)13-15/h1-11,13H,12H2,(H,21,24). The van der Waals surface area contributed by atoms with Crippen LogP contribution in [0.5, 0.6) is 0 Å². The zero-order valence-corrected chi connectivity index (χ0v) is 13.3. The molecule has 0 radical (unpaired) electrons. The lowest BCUT2D eigenvalue weighted by atomic mass is 10.2. The van der Waals surface area contributed by atoms with Gasteiger partial charge in [0.15, 0.2) is 0 Å². The number of hydrogen-bond acceptors (Lipinski definition) is 3. The number of para-hydroxylation sites is 1. The Bertz CT molecular complexity index is 1130. The number of pyridine rings is 1. The van der Waals surface area contributed by atoms with Gasteiger partial charge in [-0.05, 0) is 29.8 Å². The van der Waals surface area contributed by atoms with E-state index < -0.39 is 0 Å². The molecule has 0 fully saturated rings. The first kappa shape index (κ1) is 15.1. The summed E-state index contributed by atoms with van der Waals surface area (Å²) in [7, 11) is 0. The van der Waals surface area contributed by atoms with E-state index >= 15 is 0 Å². The van der Waals surface area contributed by atoms with Gasteiger partial charge in [0.1, 0.15) is 5.65 Å². The van der Waals surface area contributed by atoms with Crippen LogP contribution in [0.4, 0.5) is 0 Å². The zero-order chi connectivity index (χ0) is 17.2. The number of carbonyl (C=O) groups is 1. The van der Waals surface area contributed by atoms with Gasteiger partial charge in [-0.3, -0.25) is 14.0 Å². The molecular weight excluding hydrogens is 314 g/mol. The molecule has 0 saturated heterocycles. The van der Waals surface area contributed by atoms with Crippen molar-refractivity contribution in [1.29, 1.82) is 0 Å². The molecule has 0 aliphatic rings. The Hall–Kier alpha value is -3.47. The minimum absolute atomic E-state index is 0.182. The van der Waals surface area contributed by atoms with E-state index in [1.807, 2.05) is 36.4 Å². The van der Waals surface area contributed by atoms with Gasteiger partial charge in [0, 0.05) is 12.7 Å². The second-order valence-corrected chi connectivity index (χ2v) is 5.75. The van der Waals surface area contributed by atoms with Gasteiger partial charge in [0.25, 0.3) is 11.5 Å². The molecule has 5 nitrogen and oxygen atoms in total. The third kappa shape index (κ3) is 2.87. The summed E-state index contributed by atoms with van der Waals surface area (Å²) in [5, 5.41) is 3.39. The van der Waals surface area contributed by atoms with Gasteiger partial charge in [-0.1, -0.05) is 42.5 Å². The fourth-order valence-electron chi connectivity index (χ4n) is 2.77. The summed E-state index contributed by atoms with van der Waals surface area (Å²) in [5.41, 5.74) is 2.42. The van der Waals surface area contributed by atoms with Crippen LogP contribution in [0, 0.1) is 0 Å². The first-order valence-corrected chi connectivity index (χ1v) is 7.96. The monoisotopic (exact) mass is 329 g/mol. The van der Waals surface area contributed by atoms with Crippen molar-refractivity contribution in [3.63, 3.8) is 0 Å². The molecule has 2 aromatic heterocycles. The Balaban J connectivity index is 1.68. The number of nitrogens with zero attached hydrogens (tertiary/aromatic N) is 2. The number of nitrogens with one attached hydrogen (secondary N) is 1. The average molecular weight is 329 g/mol. The Morgan fingerprint density at radius 1 is 0.960 bits per heavy atom. The topological polar surface area (TPSA) is 63.5 Å². The van der Waals surface area contributed by atoms with Crippen molar-refractivity contribution in [3.05, 3.63) is 94.4 Å². The molecule has 0 spiro atoms. The van der Waals surface area contributed by atoms with Crippen molar-refractivity contribution in [1.82, 2.24) is 14.7 Å². The van der Waals surface area contributed by atoms with Gasteiger partial charge in [0.2, 0.25) is 0 Å². The molecule has 2 heterocycles. The molecule has 0 atom stereocenters. The fraction of sp³-hybridized carbons (Fsp3) is 0.0500. The number of hydrogen-bond donors (Lipinski definition) is 1. The van der Waals surface area contributed by atoms with E-state index in [4.69, 9.17) is 0 Å². The SMILES string of the molecule is O=C(NCc1ccccc1)c1ccc2nc3ccccc3c(=O)n2c1. The maximum Gasteiger partial charge on any atom is 0.265 e. The molecule has 4 aromatic rings. The molecule has 0 unspecified atom stereocenters. The van der Waals surface area contributed by atoms with Crippen LogP contribution in [0.2, 0.25) is 0 Å². The number of fused-ring (bicyclic) bond motifs is 2. The maximum absolute atomic E-state index is 12.6. The van der Waals surface area contributed by atoms with Crippen LogP contribution in [0.1, 0.15) is 15.9 Å². The molecule has 1 amide bonds. The number of amides is 1. The summed E-state index contributed by atoms with van der Waals surface area (Å²) in [5.74, 6) is -0.231. The molecule has 122 valence electrons. The highest BCUT2D eigenvalue weighted by atomic mass is 16.1. The van der Waals surface area contributed by atoms with Crippen molar-refractivity contribution >= 4 is 22.5 Å². The molecule has 5 heteroatoms. The first-order valence-electron chi connectivity index (χ1n) is 7.96. The lowest BCUT2D eigenvalue weighted by Gasteiger charge is -2.08. The van der Waals surface area contributed by atoms with Crippen LogP contribution in [0.25, 0.3) is 16.6 Å². The van der Waals surface area contributed by atoms with Gasteiger partial charge in [-0.25, -0.2) is 4.98 Å². The molecule has 25 heavy (non-hydrogen) atoms. The Morgan fingerprint density at radius 3 is 2.56 bits per heavy atom. The van der Waals surface area contributed by atoms with Gasteiger partial charge < -0.3 is 5.32 Å². The van der Waals surface area contributed by atoms with E-state index in [9.17, 15) is 9.59 Å². The first-order chi connectivity index (χ1) is 12.2. The third-order valence-electron chi connectivity index (χ3n) is 4.07. The summed E-state index contributed by atoms with van der Waals surface area (Å²) in [6, 6.07) is 20.2. The Labute approximate surface area is 143 Å². The minimum atomic E-state index is -0.231. The van der Waals surface area contributed by atoms with Crippen molar-refractivity contribution < 1.29 is 4.79 Å². The molecule has 0 bridgehead atoms. The highest BCUT2D eigenvalue weighted by molar-refractivity contribution is 5.94. The summed E-state index contributed by atoms with van der Waals surface area (Å²) < 4.78 is 1.42. The fourth-order valence-corrected chi connectivity index (χ4v) is 2.77. The summed E-state index contributed by atoms with van der Waals surface area (Å²) in [6.45, 7) is 0.433. The normalized spacial score (nSPS) is 10.9. The molecule has 4 rings (SSSR count). The molecule has 2 aromatic carbocycles. The van der Waals surface area contributed by atoms with E-state index in [1.54, 1.807) is 30.3 Å². The van der Waals surface area contributed by atoms with Crippen LogP contribution in [-0.4, -0.2) is 15.3 Å². The largest absolute Gasteiger partial charge is 0.348 e. The molecule has 0 saturated carbocycles. The molecular formula is C20H15N3O2. The van der Waals surface area contributed by atoms with Crippen LogP contribution in [0.15, 0.2) is 77.7 Å². The predicted molar refractivity (Wildman–Crippen MR) is 96.6 cm³/mol. The average Bonchev–Trinajstić information content (AvgIpc) is 2.67. The molecule has 0 aliphatic heterocycles. The summed E-state index contributed by atoms with van der Waals surface area (Å²) >= 11 is 0. The lowest BCUT2D eigenvalue weighted by Crippen LogP contribution is -2.24. The van der Waals surface area contributed by atoms with E-state index in [1.165, 1.54) is 10.6 Å². The van der Waals surface area contributed by atoms with E-state index in [0.717, 1.165) is 5.56 Å². The zero-order valence-electron chi connectivity index (χ0n) is 13.3. The van der Waals surface area contributed by atoms with Gasteiger partial charge in [-0.2, -0.15) is 0 Å². The van der Waals surface area contributed by atoms with Crippen LogP contribution in [0.3, 0.4) is 0 Å². The second-order valence-electron chi connectivity index (χ2n) is 5.75. The summed E-state index contributed by atoms with van der Waals surface area (Å²) in [4.78, 5) is 29.5. The maximum atomic E-state index is 12.6. The smallest absolute Gasteiger partial charge is 0.265 e. The number of carbonyl (C=O) groups excluding carboxylic acids is 1. The lowest BCUT2D eigenvalue weighted by molar-refractivity contribution is 0.0950. The minimum Gasteiger partial charge on any atom is -0.348 e. The van der Waals surface area contributed by atoms with Crippen molar-refractivity contribution in [3.8, 4) is 0 Å². The van der Waals surface area contributed by atoms with Crippen LogP contribution in [-0.2, 0) is 6.54 Å². The Kier molecular flexibility index (Phi) is 3.74. The molecule has 0 aliphatic carbocycles. The van der Waals surface area contributed by atoms with E-state index in [0.29, 0.717) is 28.7 Å². The van der Waals surface area contributed by atoms with Gasteiger partial charge in [-0.15, -0.1) is 0 Å². The number of benzene rings is 2. The molecule has 1 N–H and O–H groups in total. The van der Waals surface area contributed by atoms with Crippen LogP contribution < -0.4 is 10.9 Å². The quantitative estimate of drug-likeness (QED) is 0.588. The highest BCUT2D eigenvalue weighted by Crippen LogP contribution is 2.10. The number of rotatable bonds is 3. The second kappa shape index (κ2) is 6.20. The predicted octanol–water partition coefficient (Wildman–Crippen LogP) is 2.78. The van der Waals surface area contributed by atoms with Crippen LogP contribution >= 0.6 is 0 Å². The van der Waals surface area contributed by atoms with E-state index in [2.05, 4.69) is 10.3 Å².